The molecule has 36 heavy (non-hydrogen) atoms. The summed E-state index contributed by atoms with van der Waals surface area (Å²) in [5.41, 5.74) is 2.79. The summed E-state index contributed by atoms with van der Waals surface area (Å²) in [5, 5.41) is 14.7. The van der Waals surface area contributed by atoms with Gasteiger partial charge in [-0.25, -0.2) is 8.42 Å². The maximum Gasteiger partial charge on any atom is 0.175 e. The van der Waals surface area contributed by atoms with Crippen LogP contribution in [0.4, 0.5) is 5.69 Å². The Balaban J connectivity index is 1.62. The maximum atomic E-state index is 12.0. The van der Waals surface area contributed by atoms with Gasteiger partial charge in [-0.15, -0.1) is 22.7 Å². The number of anilines is 1. The normalized spacial score (nSPS) is 12.2. The van der Waals surface area contributed by atoms with Crippen molar-refractivity contribution in [2.24, 2.45) is 0 Å². The molecule has 0 saturated carbocycles. The molecule has 2 N–H and O–H groups in total. The molecule has 2 aromatic heterocycles. The third kappa shape index (κ3) is 6.93. The number of nitrogens with one attached hydrogen (secondary N) is 2. The molecule has 5 nitrogen and oxygen atoms in total. The minimum atomic E-state index is -3.30. The van der Waals surface area contributed by atoms with Gasteiger partial charge in [-0.2, -0.15) is 0 Å². The van der Waals surface area contributed by atoms with E-state index >= 15 is 0 Å². The van der Waals surface area contributed by atoms with Crippen molar-refractivity contribution >= 4 is 61.2 Å². The predicted octanol–water partition coefficient (Wildman–Crippen LogP) is 7.14. The van der Waals surface area contributed by atoms with Crippen molar-refractivity contribution in [1.29, 1.82) is 5.41 Å². The number of sulfone groups is 1. The van der Waals surface area contributed by atoms with Gasteiger partial charge in [0, 0.05) is 34.8 Å². The van der Waals surface area contributed by atoms with Crippen molar-refractivity contribution in [3.05, 3.63) is 99.0 Å². The van der Waals surface area contributed by atoms with Crippen LogP contribution in [0.1, 0.15) is 9.75 Å². The van der Waals surface area contributed by atoms with E-state index < -0.39 is 9.84 Å². The molecular weight excluding hydrogens is 530 g/mol. The second-order valence-electron chi connectivity index (χ2n) is 8.40. The van der Waals surface area contributed by atoms with Crippen LogP contribution in [0, 0.1) is 5.41 Å². The predicted molar refractivity (Wildman–Crippen MR) is 154 cm³/mol. The lowest BCUT2D eigenvalue weighted by Crippen LogP contribution is -2.24. The van der Waals surface area contributed by atoms with E-state index in [-0.39, 0.29) is 4.90 Å². The molecule has 2 heterocycles. The first-order valence-electron chi connectivity index (χ1n) is 11.1. The zero-order chi connectivity index (χ0) is 25.7. The van der Waals surface area contributed by atoms with Crippen molar-refractivity contribution in [1.82, 2.24) is 4.90 Å². The van der Waals surface area contributed by atoms with Crippen molar-refractivity contribution in [3.8, 4) is 10.4 Å². The van der Waals surface area contributed by atoms with E-state index in [1.807, 2.05) is 61.7 Å². The summed E-state index contributed by atoms with van der Waals surface area (Å²) >= 11 is 9.64. The van der Waals surface area contributed by atoms with E-state index in [1.165, 1.54) is 22.5 Å². The monoisotopic (exact) mass is 555 g/mol. The average molecular weight is 556 g/mol. The van der Waals surface area contributed by atoms with Gasteiger partial charge in [0.1, 0.15) is 0 Å². The lowest BCUT2D eigenvalue weighted by atomic mass is 10.2. The molecule has 0 atom stereocenters. The fourth-order valence-electron chi connectivity index (χ4n) is 3.63. The van der Waals surface area contributed by atoms with E-state index in [4.69, 9.17) is 17.0 Å². The van der Waals surface area contributed by atoms with Crippen LogP contribution in [0.2, 0.25) is 5.02 Å². The van der Waals surface area contributed by atoms with Gasteiger partial charge in [0.2, 0.25) is 0 Å². The van der Waals surface area contributed by atoms with E-state index in [2.05, 4.69) is 21.7 Å². The van der Waals surface area contributed by atoms with Gasteiger partial charge in [0.05, 0.1) is 26.2 Å². The molecule has 0 bridgehead atoms. The first kappa shape index (κ1) is 26.3. The third-order valence-corrected chi connectivity index (χ3v) is 8.79. The fraction of sp³-hybridized carbons (Fsp3) is 0.148. The molecule has 2 aromatic carbocycles. The largest absolute Gasteiger partial charge is 0.353 e. The van der Waals surface area contributed by atoms with Gasteiger partial charge >= 0.3 is 0 Å². The molecule has 0 spiro atoms. The Morgan fingerprint density at radius 3 is 2.61 bits per heavy atom. The smallest absolute Gasteiger partial charge is 0.175 e. The highest BCUT2D eigenvalue weighted by atomic mass is 35.5. The molecule has 0 aliphatic heterocycles. The number of thiophene rings is 2. The summed E-state index contributed by atoms with van der Waals surface area (Å²) in [6.45, 7) is 1.27. The molecular formula is C27H26ClN3O2S3. The highest BCUT2D eigenvalue weighted by Gasteiger charge is 2.14. The maximum absolute atomic E-state index is 12.0. The van der Waals surface area contributed by atoms with Crippen LogP contribution >= 0.6 is 34.3 Å². The fourth-order valence-corrected chi connectivity index (χ4v) is 6.24. The number of para-hydroxylation sites is 1. The molecule has 0 aliphatic rings. The van der Waals surface area contributed by atoms with Crippen molar-refractivity contribution in [2.75, 3.05) is 25.2 Å². The first-order chi connectivity index (χ1) is 17.2. The summed E-state index contributed by atoms with van der Waals surface area (Å²) in [4.78, 5) is 5.50. The molecule has 4 rings (SSSR count). The number of hydrogen-bond acceptors (Lipinski definition) is 7. The number of nitrogens with zero attached hydrogens (tertiary/aromatic N) is 1. The van der Waals surface area contributed by atoms with Crippen LogP contribution in [-0.4, -0.2) is 38.9 Å². The number of hydrogen-bond donors (Lipinski definition) is 2. The topological polar surface area (TPSA) is 73.3 Å². The zero-order valence-electron chi connectivity index (χ0n) is 19.9. The van der Waals surface area contributed by atoms with Crippen LogP contribution in [-0.2, 0) is 16.4 Å². The van der Waals surface area contributed by atoms with Crippen molar-refractivity contribution in [3.63, 3.8) is 0 Å². The lowest BCUT2D eigenvalue weighted by molar-refractivity contribution is 0.377. The Kier molecular flexibility index (Phi) is 8.43. The number of halogens is 1. The molecule has 0 aliphatic carbocycles. The second kappa shape index (κ2) is 11.5. The van der Waals surface area contributed by atoms with Crippen molar-refractivity contribution < 1.29 is 8.42 Å². The lowest BCUT2D eigenvalue weighted by Gasteiger charge is -2.16. The molecule has 0 amide bonds. The van der Waals surface area contributed by atoms with Gasteiger partial charge in [0.25, 0.3) is 0 Å². The number of rotatable bonds is 10. The van der Waals surface area contributed by atoms with Crippen molar-refractivity contribution in [2.45, 2.75) is 11.4 Å². The minimum absolute atomic E-state index is 0.287. The Labute approximate surface area is 225 Å². The van der Waals surface area contributed by atoms with Gasteiger partial charge in [-0.05, 0) is 66.5 Å². The summed E-state index contributed by atoms with van der Waals surface area (Å²) in [6.07, 6.45) is 3.04. The molecule has 0 unspecified atom stereocenters. The van der Waals surface area contributed by atoms with E-state index in [0.717, 1.165) is 33.2 Å². The highest BCUT2D eigenvalue weighted by molar-refractivity contribution is 7.90. The summed E-state index contributed by atoms with van der Waals surface area (Å²) in [6, 6.07) is 22.5. The van der Waals surface area contributed by atoms with Gasteiger partial charge in [0.15, 0.2) is 9.84 Å². The molecule has 0 fully saturated rings. The van der Waals surface area contributed by atoms with Gasteiger partial charge < -0.3 is 10.7 Å². The second-order valence-corrected chi connectivity index (χ2v) is 12.9. The Morgan fingerprint density at radius 2 is 1.89 bits per heavy atom. The molecule has 186 valence electrons. The molecule has 0 radical (unpaired) electrons. The third-order valence-electron chi connectivity index (χ3n) is 5.33. The van der Waals surface area contributed by atoms with E-state index in [9.17, 15) is 8.42 Å². The van der Waals surface area contributed by atoms with E-state index in [0.29, 0.717) is 17.3 Å². The molecule has 4 aromatic rings. The standard InChI is InChI=1S/C27H26ClN3O2S3/c1-31(18-21-8-6-14-34-21)17-20(29)16-25(30-24-11-4-3-10-23(24)28)27-13-12-26(35-27)19-7-5-9-22(15-19)36(2,32)33/h3-16,29-30H,17-18H2,1-2H3/b25-16-,29-20?. The Hall–Kier alpha value is -2.75. The first-order valence-corrected chi connectivity index (χ1v) is 15.1. The quantitative estimate of drug-likeness (QED) is 0.204. The van der Waals surface area contributed by atoms with Crippen LogP contribution in [0.3, 0.4) is 0 Å². The molecule has 0 saturated heterocycles. The number of benzene rings is 2. The average Bonchev–Trinajstić information content (AvgIpc) is 3.52. The SMILES string of the molecule is CN(CC(=N)/C=C(\Nc1ccccc1Cl)c1ccc(-c2cccc(S(C)(=O)=O)c2)s1)Cc1cccs1. The Morgan fingerprint density at radius 1 is 1.08 bits per heavy atom. The van der Waals surface area contributed by atoms with Gasteiger partial charge in [-0.3, -0.25) is 4.90 Å². The van der Waals surface area contributed by atoms with Gasteiger partial charge in [-0.1, -0.05) is 41.9 Å². The van der Waals surface area contributed by atoms with Crippen LogP contribution in [0.5, 0.6) is 0 Å². The van der Waals surface area contributed by atoms with Crippen LogP contribution in [0.15, 0.2) is 89.1 Å². The van der Waals surface area contributed by atoms with Crippen LogP contribution < -0.4 is 5.32 Å². The Bertz CT molecular complexity index is 1490. The highest BCUT2D eigenvalue weighted by Crippen LogP contribution is 2.34. The minimum Gasteiger partial charge on any atom is -0.353 e. The van der Waals surface area contributed by atoms with E-state index in [1.54, 1.807) is 29.5 Å². The zero-order valence-corrected chi connectivity index (χ0v) is 23.1. The molecule has 9 heteroatoms. The summed E-state index contributed by atoms with van der Waals surface area (Å²) < 4.78 is 24.0. The summed E-state index contributed by atoms with van der Waals surface area (Å²) in [5.74, 6) is 0. The summed E-state index contributed by atoms with van der Waals surface area (Å²) in [7, 11) is -1.30. The van der Waals surface area contributed by atoms with Crippen LogP contribution in [0.25, 0.3) is 16.1 Å².